The van der Waals surface area contributed by atoms with E-state index in [2.05, 4.69) is 34.7 Å². The fraction of sp³-hybridized carbons (Fsp3) is 0.417. The normalized spacial score (nSPS) is 16.2. The van der Waals surface area contributed by atoms with Gasteiger partial charge in [-0.1, -0.05) is 26.0 Å². The Morgan fingerprint density at radius 2 is 1.78 bits per heavy atom. The molecule has 1 fully saturated rings. The maximum Gasteiger partial charge on any atom is 0.257 e. The van der Waals surface area contributed by atoms with Crippen molar-refractivity contribution in [2.75, 3.05) is 37.1 Å². The molecule has 1 saturated heterocycles. The molecule has 170 valence electrons. The van der Waals surface area contributed by atoms with Crippen molar-refractivity contribution in [3.05, 3.63) is 48.0 Å². The first kappa shape index (κ1) is 22.1. The molecule has 32 heavy (non-hydrogen) atoms. The molecule has 2 aromatic carbocycles. The molecule has 2 heterocycles. The second-order valence-electron chi connectivity index (χ2n) is 8.49. The number of likely N-dealkylation sites (tertiary alicyclic amines) is 1. The first-order chi connectivity index (χ1) is 15.5. The molecule has 8 heteroatoms. The fourth-order valence-corrected chi connectivity index (χ4v) is 4.08. The number of carbonyl (C=O) groups is 2. The van der Waals surface area contributed by atoms with E-state index in [0.29, 0.717) is 47.1 Å². The number of amides is 2. The molecular weight excluding hydrogens is 408 g/mol. The second-order valence-corrected chi connectivity index (χ2v) is 8.49. The van der Waals surface area contributed by atoms with Crippen molar-refractivity contribution in [3.63, 3.8) is 0 Å². The summed E-state index contributed by atoms with van der Waals surface area (Å²) in [5.41, 5.74) is 1.49. The third-order valence-electron chi connectivity index (χ3n) is 5.60. The number of rotatable bonds is 7. The number of anilines is 2. The van der Waals surface area contributed by atoms with Crippen molar-refractivity contribution in [1.82, 2.24) is 10.2 Å². The minimum atomic E-state index is -0.305. The van der Waals surface area contributed by atoms with E-state index in [1.165, 1.54) is 0 Å². The van der Waals surface area contributed by atoms with Gasteiger partial charge in [-0.2, -0.15) is 0 Å². The van der Waals surface area contributed by atoms with Gasteiger partial charge in [0.1, 0.15) is 0 Å². The zero-order valence-corrected chi connectivity index (χ0v) is 18.5. The number of piperidine rings is 1. The van der Waals surface area contributed by atoms with Crippen LogP contribution in [-0.2, 0) is 4.79 Å². The summed E-state index contributed by atoms with van der Waals surface area (Å²) in [5.74, 6) is 0.820. The van der Waals surface area contributed by atoms with Gasteiger partial charge in [0.05, 0.1) is 17.8 Å². The van der Waals surface area contributed by atoms with Crippen LogP contribution in [0.3, 0.4) is 0 Å². The smallest absolute Gasteiger partial charge is 0.257 e. The molecule has 0 spiro atoms. The summed E-state index contributed by atoms with van der Waals surface area (Å²) in [5, 5.41) is 9.33. The number of para-hydroxylation sites is 1. The lowest BCUT2D eigenvalue weighted by Crippen LogP contribution is -2.46. The zero-order valence-electron chi connectivity index (χ0n) is 18.5. The maximum absolute atomic E-state index is 12.9. The van der Waals surface area contributed by atoms with Gasteiger partial charge in [0, 0.05) is 36.9 Å². The van der Waals surface area contributed by atoms with Gasteiger partial charge in [-0.25, -0.2) is 0 Å². The standard InChI is InChI=1S/C24H30N4O4/c1-16(2)25-17-9-11-28(12-10-17)14-23(29)27-20-6-4-3-5-19(20)24(30)26-18-7-8-21-22(13-18)32-15-31-21/h3-8,13,16-17,25H,9-12,14-15H2,1-2H3,(H,26,30)(H,27,29). The quantitative estimate of drug-likeness (QED) is 0.615. The van der Waals surface area contributed by atoms with E-state index in [1.807, 2.05) is 0 Å². The van der Waals surface area contributed by atoms with Crippen molar-refractivity contribution in [3.8, 4) is 11.5 Å². The fourth-order valence-electron chi connectivity index (χ4n) is 4.08. The van der Waals surface area contributed by atoms with Crippen LogP contribution in [0.25, 0.3) is 0 Å². The summed E-state index contributed by atoms with van der Waals surface area (Å²) in [6.45, 7) is 6.55. The lowest BCUT2D eigenvalue weighted by atomic mass is 10.0. The predicted octanol–water partition coefficient (Wildman–Crippen LogP) is 3.07. The summed E-state index contributed by atoms with van der Waals surface area (Å²) in [7, 11) is 0. The molecule has 4 rings (SSSR count). The molecule has 3 N–H and O–H groups in total. The summed E-state index contributed by atoms with van der Waals surface area (Å²) in [4.78, 5) is 27.7. The van der Waals surface area contributed by atoms with E-state index < -0.39 is 0 Å². The van der Waals surface area contributed by atoms with E-state index in [4.69, 9.17) is 9.47 Å². The molecule has 0 unspecified atom stereocenters. The third-order valence-corrected chi connectivity index (χ3v) is 5.60. The third kappa shape index (κ3) is 5.57. The number of hydrogen-bond acceptors (Lipinski definition) is 6. The molecule has 0 aliphatic carbocycles. The Hall–Kier alpha value is -3.10. The maximum atomic E-state index is 12.9. The lowest BCUT2D eigenvalue weighted by Gasteiger charge is -2.33. The Kier molecular flexibility index (Phi) is 6.92. The van der Waals surface area contributed by atoms with Gasteiger partial charge in [-0.15, -0.1) is 0 Å². The zero-order chi connectivity index (χ0) is 22.5. The van der Waals surface area contributed by atoms with E-state index in [0.717, 1.165) is 25.9 Å². The first-order valence-corrected chi connectivity index (χ1v) is 11.1. The monoisotopic (exact) mass is 438 g/mol. The van der Waals surface area contributed by atoms with E-state index in [9.17, 15) is 9.59 Å². The molecule has 0 aromatic heterocycles. The van der Waals surface area contributed by atoms with Gasteiger partial charge < -0.3 is 25.4 Å². The highest BCUT2D eigenvalue weighted by Crippen LogP contribution is 2.34. The van der Waals surface area contributed by atoms with Gasteiger partial charge in [0.15, 0.2) is 11.5 Å². The van der Waals surface area contributed by atoms with Gasteiger partial charge in [0.25, 0.3) is 5.91 Å². The molecule has 2 aliphatic heterocycles. The van der Waals surface area contributed by atoms with Crippen LogP contribution in [0.2, 0.25) is 0 Å². The summed E-state index contributed by atoms with van der Waals surface area (Å²) in [6, 6.07) is 13.2. The molecule has 0 radical (unpaired) electrons. The van der Waals surface area contributed by atoms with Crippen LogP contribution in [0.15, 0.2) is 42.5 Å². The van der Waals surface area contributed by atoms with E-state index in [-0.39, 0.29) is 18.6 Å². The number of carbonyl (C=O) groups excluding carboxylic acids is 2. The number of fused-ring (bicyclic) bond motifs is 1. The Morgan fingerprint density at radius 3 is 2.56 bits per heavy atom. The van der Waals surface area contributed by atoms with Crippen molar-refractivity contribution < 1.29 is 19.1 Å². The molecule has 8 nitrogen and oxygen atoms in total. The topological polar surface area (TPSA) is 91.9 Å². The second kappa shape index (κ2) is 10.0. The van der Waals surface area contributed by atoms with Crippen molar-refractivity contribution in [2.24, 2.45) is 0 Å². The van der Waals surface area contributed by atoms with Crippen LogP contribution in [0.5, 0.6) is 11.5 Å². The lowest BCUT2D eigenvalue weighted by molar-refractivity contribution is -0.117. The minimum Gasteiger partial charge on any atom is -0.454 e. The van der Waals surface area contributed by atoms with Crippen LogP contribution >= 0.6 is 0 Å². The highest BCUT2D eigenvalue weighted by Gasteiger charge is 2.22. The number of ether oxygens (including phenoxy) is 2. The SMILES string of the molecule is CC(C)NC1CCN(CC(=O)Nc2ccccc2C(=O)Nc2ccc3c(c2)OCO3)CC1. The first-order valence-electron chi connectivity index (χ1n) is 11.1. The molecule has 2 aliphatic rings. The van der Waals surface area contributed by atoms with Crippen LogP contribution in [0.4, 0.5) is 11.4 Å². The van der Waals surface area contributed by atoms with Crippen LogP contribution in [0, 0.1) is 0 Å². The largest absolute Gasteiger partial charge is 0.454 e. The van der Waals surface area contributed by atoms with Crippen LogP contribution in [0.1, 0.15) is 37.0 Å². The summed E-state index contributed by atoms with van der Waals surface area (Å²) in [6.07, 6.45) is 2.06. The molecule has 0 atom stereocenters. The number of hydrogen-bond donors (Lipinski definition) is 3. The Labute approximate surface area is 188 Å². The van der Waals surface area contributed by atoms with Crippen molar-refractivity contribution in [2.45, 2.75) is 38.8 Å². The van der Waals surface area contributed by atoms with Crippen molar-refractivity contribution in [1.29, 1.82) is 0 Å². The Balaban J connectivity index is 1.34. The molecule has 0 bridgehead atoms. The summed E-state index contributed by atoms with van der Waals surface area (Å²) >= 11 is 0. The minimum absolute atomic E-state index is 0.122. The Morgan fingerprint density at radius 1 is 1.03 bits per heavy atom. The Bertz CT molecular complexity index is 970. The van der Waals surface area contributed by atoms with Gasteiger partial charge >= 0.3 is 0 Å². The highest BCUT2D eigenvalue weighted by atomic mass is 16.7. The average molecular weight is 439 g/mol. The van der Waals surface area contributed by atoms with Crippen LogP contribution < -0.4 is 25.4 Å². The average Bonchev–Trinajstić information content (AvgIpc) is 3.23. The highest BCUT2D eigenvalue weighted by molar-refractivity contribution is 6.10. The molecule has 0 saturated carbocycles. The molecule has 2 aromatic rings. The summed E-state index contributed by atoms with van der Waals surface area (Å²) < 4.78 is 10.7. The molecule has 2 amide bonds. The number of benzene rings is 2. The predicted molar refractivity (Wildman–Crippen MR) is 123 cm³/mol. The van der Waals surface area contributed by atoms with E-state index in [1.54, 1.807) is 42.5 Å². The van der Waals surface area contributed by atoms with Crippen LogP contribution in [-0.4, -0.2) is 55.2 Å². The van der Waals surface area contributed by atoms with E-state index >= 15 is 0 Å². The van der Waals surface area contributed by atoms with Crippen molar-refractivity contribution >= 4 is 23.2 Å². The number of nitrogens with one attached hydrogen (secondary N) is 3. The van der Waals surface area contributed by atoms with Gasteiger partial charge in [-0.3, -0.25) is 14.5 Å². The van der Waals surface area contributed by atoms with Gasteiger partial charge in [-0.05, 0) is 37.1 Å². The molecular formula is C24H30N4O4. The number of nitrogens with zero attached hydrogens (tertiary/aromatic N) is 1. The van der Waals surface area contributed by atoms with Gasteiger partial charge in [0.2, 0.25) is 12.7 Å².